The lowest BCUT2D eigenvalue weighted by molar-refractivity contribution is 0.103. The Balaban J connectivity index is 1.41. The Hall–Kier alpha value is -1.74. The molecule has 3 heteroatoms. The Morgan fingerprint density at radius 3 is 2.36 bits per heavy atom. The van der Waals surface area contributed by atoms with Gasteiger partial charge >= 0.3 is 0 Å². The second-order valence-electron chi connectivity index (χ2n) is 6.80. The highest BCUT2D eigenvalue weighted by atomic mass is 15.2. The molecular formula is C19H23N3. The van der Waals surface area contributed by atoms with Crippen LogP contribution >= 0.6 is 0 Å². The minimum atomic E-state index is 0.749. The molecule has 0 unspecified atom stereocenters. The first-order chi connectivity index (χ1) is 10.8. The van der Waals surface area contributed by atoms with Crippen molar-refractivity contribution in [2.75, 3.05) is 6.54 Å². The fourth-order valence-corrected chi connectivity index (χ4v) is 4.02. The maximum absolute atomic E-state index is 4.09. The van der Waals surface area contributed by atoms with Crippen LogP contribution in [0, 0.1) is 0 Å². The van der Waals surface area contributed by atoms with Gasteiger partial charge in [-0.25, -0.2) is 9.97 Å². The number of hydrogen-bond acceptors (Lipinski definition) is 3. The van der Waals surface area contributed by atoms with Crippen molar-refractivity contribution in [3.05, 3.63) is 48.5 Å². The molecule has 0 amide bonds. The van der Waals surface area contributed by atoms with Crippen LogP contribution in [-0.4, -0.2) is 33.5 Å². The molecule has 1 saturated carbocycles. The van der Waals surface area contributed by atoms with Gasteiger partial charge in [0.25, 0.3) is 0 Å². The number of likely N-dealkylation sites (tertiary alicyclic amines) is 1. The zero-order chi connectivity index (χ0) is 14.9. The van der Waals surface area contributed by atoms with Crippen LogP contribution in [0.1, 0.15) is 44.1 Å². The van der Waals surface area contributed by atoms with Gasteiger partial charge in [0.15, 0.2) is 0 Å². The van der Waals surface area contributed by atoms with Gasteiger partial charge in [0, 0.05) is 30.0 Å². The fourth-order valence-electron chi connectivity index (χ4n) is 4.02. The monoisotopic (exact) mass is 293 g/mol. The lowest BCUT2D eigenvalue weighted by Crippen LogP contribution is -2.45. The summed E-state index contributed by atoms with van der Waals surface area (Å²) in [6, 6.07) is 10.6. The molecule has 4 rings (SSSR count). The van der Waals surface area contributed by atoms with Gasteiger partial charge in [0.05, 0.1) is 0 Å². The van der Waals surface area contributed by atoms with Gasteiger partial charge in [-0.15, -0.1) is 0 Å². The Bertz CT molecular complexity index is 617. The first-order valence-corrected chi connectivity index (χ1v) is 8.42. The standard InChI is InChI=1S/C19H23N3/c1-14-3-2-8-22(14)19-9-17(10-19)15-4-6-16(7-5-15)18-11-20-13-21-12-18/h4-7,11-14,17,19H,2-3,8-10H2,1H3/t14-,17?,19?/m1/s1. The summed E-state index contributed by atoms with van der Waals surface area (Å²) in [5, 5.41) is 0. The van der Waals surface area contributed by atoms with Gasteiger partial charge < -0.3 is 0 Å². The largest absolute Gasteiger partial charge is 0.298 e. The van der Waals surface area contributed by atoms with E-state index in [1.807, 2.05) is 12.4 Å². The normalized spacial score (nSPS) is 28.5. The van der Waals surface area contributed by atoms with Crippen molar-refractivity contribution in [1.82, 2.24) is 14.9 Å². The summed E-state index contributed by atoms with van der Waals surface area (Å²) in [5.74, 6) is 0.749. The molecule has 2 aromatic rings. The molecule has 0 radical (unpaired) electrons. The number of hydrogen-bond donors (Lipinski definition) is 0. The van der Waals surface area contributed by atoms with Crippen molar-refractivity contribution >= 4 is 0 Å². The van der Waals surface area contributed by atoms with E-state index in [0.29, 0.717) is 0 Å². The molecular weight excluding hydrogens is 270 g/mol. The van der Waals surface area contributed by atoms with Crippen molar-refractivity contribution in [2.24, 2.45) is 0 Å². The average molecular weight is 293 g/mol. The van der Waals surface area contributed by atoms with Crippen molar-refractivity contribution in [2.45, 2.75) is 50.6 Å². The van der Waals surface area contributed by atoms with Crippen LogP contribution in [0.4, 0.5) is 0 Å². The van der Waals surface area contributed by atoms with Gasteiger partial charge in [-0.05, 0) is 56.2 Å². The molecule has 114 valence electrons. The van der Waals surface area contributed by atoms with E-state index >= 15 is 0 Å². The Morgan fingerprint density at radius 1 is 1.00 bits per heavy atom. The summed E-state index contributed by atoms with van der Waals surface area (Å²) >= 11 is 0. The molecule has 22 heavy (non-hydrogen) atoms. The summed E-state index contributed by atoms with van der Waals surface area (Å²) in [5.41, 5.74) is 3.78. The molecule has 1 atom stereocenters. The summed E-state index contributed by atoms with van der Waals surface area (Å²) in [7, 11) is 0. The van der Waals surface area contributed by atoms with Crippen molar-refractivity contribution < 1.29 is 0 Å². The molecule has 2 aliphatic rings. The molecule has 0 N–H and O–H groups in total. The molecule has 2 fully saturated rings. The quantitative estimate of drug-likeness (QED) is 0.860. The molecule has 1 saturated heterocycles. The van der Waals surface area contributed by atoms with E-state index < -0.39 is 0 Å². The number of rotatable bonds is 3. The van der Waals surface area contributed by atoms with Crippen LogP contribution in [0.2, 0.25) is 0 Å². The highest BCUT2D eigenvalue weighted by Gasteiger charge is 2.37. The van der Waals surface area contributed by atoms with E-state index in [2.05, 4.69) is 46.1 Å². The third kappa shape index (κ3) is 2.54. The van der Waals surface area contributed by atoms with Gasteiger partial charge in [0.1, 0.15) is 6.33 Å². The zero-order valence-corrected chi connectivity index (χ0v) is 13.2. The fraction of sp³-hybridized carbons (Fsp3) is 0.474. The maximum atomic E-state index is 4.09. The zero-order valence-electron chi connectivity index (χ0n) is 13.2. The first-order valence-electron chi connectivity index (χ1n) is 8.42. The van der Waals surface area contributed by atoms with Crippen molar-refractivity contribution in [1.29, 1.82) is 0 Å². The molecule has 0 bridgehead atoms. The second-order valence-corrected chi connectivity index (χ2v) is 6.80. The second kappa shape index (κ2) is 5.81. The smallest absolute Gasteiger partial charge is 0.115 e. The lowest BCUT2D eigenvalue weighted by atomic mass is 9.74. The van der Waals surface area contributed by atoms with Gasteiger partial charge in [-0.3, -0.25) is 4.90 Å². The molecule has 1 aromatic heterocycles. The van der Waals surface area contributed by atoms with Crippen molar-refractivity contribution in [3.63, 3.8) is 0 Å². The third-order valence-electron chi connectivity index (χ3n) is 5.46. The van der Waals surface area contributed by atoms with Crippen molar-refractivity contribution in [3.8, 4) is 11.1 Å². The Morgan fingerprint density at radius 2 is 1.73 bits per heavy atom. The van der Waals surface area contributed by atoms with Gasteiger partial charge in [-0.1, -0.05) is 24.3 Å². The Kier molecular flexibility index (Phi) is 3.67. The van der Waals surface area contributed by atoms with E-state index in [1.54, 1.807) is 6.33 Å². The minimum absolute atomic E-state index is 0.749. The van der Waals surface area contributed by atoms with E-state index in [9.17, 15) is 0 Å². The maximum Gasteiger partial charge on any atom is 0.115 e. The van der Waals surface area contributed by atoms with Crippen LogP contribution in [0.25, 0.3) is 11.1 Å². The van der Waals surface area contributed by atoms with Crippen LogP contribution in [0.5, 0.6) is 0 Å². The summed E-state index contributed by atoms with van der Waals surface area (Å²) in [6.07, 6.45) is 10.7. The van der Waals surface area contributed by atoms with Crippen LogP contribution in [0.15, 0.2) is 43.0 Å². The molecule has 0 spiro atoms. The van der Waals surface area contributed by atoms with E-state index in [4.69, 9.17) is 0 Å². The highest BCUT2D eigenvalue weighted by molar-refractivity contribution is 5.61. The molecule has 3 nitrogen and oxygen atoms in total. The number of nitrogens with zero attached hydrogens (tertiary/aromatic N) is 3. The van der Waals surface area contributed by atoms with E-state index in [-0.39, 0.29) is 0 Å². The minimum Gasteiger partial charge on any atom is -0.298 e. The van der Waals surface area contributed by atoms with E-state index in [0.717, 1.165) is 23.6 Å². The molecule has 1 aliphatic heterocycles. The first kappa shape index (κ1) is 13.9. The van der Waals surface area contributed by atoms with Gasteiger partial charge in [-0.2, -0.15) is 0 Å². The Labute approximate surface area is 132 Å². The molecule has 1 aromatic carbocycles. The average Bonchev–Trinajstić information content (AvgIpc) is 2.94. The molecule has 1 aliphatic carbocycles. The third-order valence-corrected chi connectivity index (χ3v) is 5.46. The SMILES string of the molecule is C[C@@H]1CCCN1C1CC(c2ccc(-c3cncnc3)cc2)C1. The van der Waals surface area contributed by atoms with E-state index in [1.165, 1.54) is 43.4 Å². The predicted octanol–water partition coefficient (Wildman–Crippen LogP) is 3.87. The lowest BCUT2D eigenvalue weighted by Gasteiger charge is -2.43. The summed E-state index contributed by atoms with van der Waals surface area (Å²) < 4.78 is 0. The topological polar surface area (TPSA) is 29.0 Å². The van der Waals surface area contributed by atoms with Gasteiger partial charge in [0.2, 0.25) is 0 Å². The summed E-state index contributed by atoms with van der Waals surface area (Å²) in [4.78, 5) is 10.9. The number of aromatic nitrogens is 2. The van der Waals surface area contributed by atoms with Crippen LogP contribution < -0.4 is 0 Å². The predicted molar refractivity (Wildman–Crippen MR) is 88.6 cm³/mol. The highest BCUT2D eigenvalue weighted by Crippen LogP contribution is 2.42. The number of benzene rings is 1. The van der Waals surface area contributed by atoms with Crippen LogP contribution in [0.3, 0.4) is 0 Å². The van der Waals surface area contributed by atoms with Crippen LogP contribution in [-0.2, 0) is 0 Å². The summed E-state index contributed by atoms with van der Waals surface area (Å²) in [6.45, 7) is 3.70. The molecule has 2 heterocycles.